The molecule has 1 fully saturated rings. The van der Waals surface area contributed by atoms with Crippen LogP contribution in [0.5, 0.6) is 0 Å². The second-order valence-electron chi connectivity index (χ2n) is 6.42. The van der Waals surface area contributed by atoms with Gasteiger partial charge in [-0.1, -0.05) is 43.2 Å². The Balaban J connectivity index is 1.74. The van der Waals surface area contributed by atoms with Crippen molar-refractivity contribution < 1.29 is 9.53 Å². The fourth-order valence-electron chi connectivity index (χ4n) is 3.17. The van der Waals surface area contributed by atoms with Gasteiger partial charge in [-0.15, -0.1) is 11.3 Å². The molecule has 2 aromatic rings. The number of carbonyl (C=O) groups is 1. The first-order chi connectivity index (χ1) is 12.7. The van der Waals surface area contributed by atoms with Crippen LogP contribution in [0.1, 0.15) is 53.4 Å². The zero-order valence-corrected chi connectivity index (χ0v) is 16.6. The van der Waals surface area contributed by atoms with Crippen LogP contribution in [-0.4, -0.2) is 23.7 Å². The number of thiocarbonyl (C=S) groups is 1. The number of hydrogen-bond acceptors (Lipinski definition) is 4. The molecular weight excluding hydrogens is 364 g/mol. The fraction of sp³-hybridized carbons (Fsp3) is 0.400. The Hall–Kier alpha value is -1.92. The van der Waals surface area contributed by atoms with E-state index < -0.39 is 0 Å². The van der Waals surface area contributed by atoms with Gasteiger partial charge < -0.3 is 15.4 Å². The molecule has 0 amide bonds. The highest BCUT2D eigenvalue weighted by Gasteiger charge is 2.20. The first kappa shape index (κ1) is 18.9. The number of ether oxygens (including phenoxy) is 1. The third kappa shape index (κ3) is 5.05. The van der Waals surface area contributed by atoms with Gasteiger partial charge in [0.05, 0.1) is 12.2 Å². The lowest BCUT2D eigenvalue weighted by atomic mass is 10.1. The predicted molar refractivity (Wildman–Crippen MR) is 111 cm³/mol. The second kappa shape index (κ2) is 9.14. The summed E-state index contributed by atoms with van der Waals surface area (Å²) in [5.41, 5.74) is 1.76. The van der Waals surface area contributed by atoms with Crippen LogP contribution < -0.4 is 10.6 Å². The molecule has 138 valence electrons. The quantitative estimate of drug-likeness (QED) is 0.553. The second-order valence-corrected chi connectivity index (χ2v) is 7.96. The van der Waals surface area contributed by atoms with Crippen LogP contribution in [0.3, 0.4) is 0 Å². The Bertz CT molecular complexity index is 752. The molecule has 0 aliphatic heterocycles. The van der Waals surface area contributed by atoms with Gasteiger partial charge in [0.25, 0.3) is 0 Å². The third-order valence-electron chi connectivity index (χ3n) is 4.42. The van der Waals surface area contributed by atoms with Crippen LogP contribution in [-0.2, 0) is 11.2 Å². The van der Waals surface area contributed by atoms with Crippen molar-refractivity contribution in [3.63, 3.8) is 0 Å². The zero-order chi connectivity index (χ0) is 18.4. The summed E-state index contributed by atoms with van der Waals surface area (Å²) in [6, 6.07) is 12.6. The van der Waals surface area contributed by atoms with E-state index in [-0.39, 0.29) is 5.97 Å². The van der Waals surface area contributed by atoms with E-state index in [0.29, 0.717) is 23.3 Å². The average molecular weight is 389 g/mol. The molecule has 2 N–H and O–H groups in total. The van der Waals surface area contributed by atoms with Gasteiger partial charge in [0.2, 0.25) is 0 Å². The van der Waals surface area contributed by atoms with Gasteiger partial charge in [-0.3, -0.25) is 0 Å². The van der Waals surface area contributed by atoms with Crippen molar-refractivity contribution in [2.45, 2.75) is 45.1 Å². The molecule has 1 aliphatic carbocycles. The molecular formula is C20H24N2O2S2. The van der Waals surface area contributed by atoms with Gasteiger partial charge in [-0.25, -0.2) is 4.79 Å². The van der Waals surface area contributed by atoms with E-state index in [9.17, 15) is 4.79 Å². The summed E-state index contributed by atoms with van der Waals surface area (Å²) in [5, 5.41) is 7.91. The number of carbonyl (C=O) groups excluding carboxylic acids is 1. The smallest absolute Gasteiger partial charge is 0.341 e. The van der Waals surface area contributed by atoms with Crippen LogP contribution in [0.15, 0.2) is 36.4 Å². The third-order valence-corrected chi connectivity index (χ3v) is 5.69. The standard InChI is InChI=1S/C20H24N2O2S2/c1-2-24-19(23)17-13-16(12-14-8-4-3-5-9-14)26-18(17)22-20(25)21-15-10-6-7-11-15/h3-5,8-9,13,15H,2,6-7,10-12H2,1H3,(H2,21,22,25). The van der Waals surface area contributed by atoms with Crippen LogP contribution in [0.4, 0.5) is 5.00 Å². The summed E-state index contributed by atoms with van der Waals surface area (Å²) in [6.45, 7) is 2.17. The van der Waals surface area contributed by atoms with Gasteiger partial charge in [-0.2, -0.15) is 0 Å². The molecule has 3 rings (SSSR count). The normalized spacial score (nSPS) is 14.2. The van der Waals surface area contributed by atoms with Gasteiger partial charge in [0.1, 0.15) is 5.00 Å². The maximum absolute atomic E-state index is 12.3. The number of thiophene rings is 1. The Kier molecular flexibility index (Phi) is 6.63. The maximum atomic E-state index is 12.3. The summed E-state index contributed by atoms with van der Waals surface area (Å²) in [6.07, 6.45) is 5.57. The molecule has 0 atom stereocenters. The molecule has 4 nitrogen and oxygen atoms in total. The predicted octanol–water partition coefficient (Wildman–Crippen LogP) is 4.74. The summed E-state index contributed by atoms with van der Waals surface area (Å²) in [5.74, 6) is -0.311. The van der Waals surface area contributed by atoms with Gasteiger partial charge in [0, 0.05) is 17.3 Å². The molecule has 1 saturated carbocycles. The van der Waals surface area contributed by atoms with Crippen molar-refractivity contribution in [3.05, 3.63) is 52.4 Å². The van der Waals surface area contributed by atoms with E-state index in [4.69, 9.17) is 17.0 Å². The van der Waals surface area contributed by atoms with E-state index in [0.717, 1.165) is 29.1 Å². The Morgan fingerprint density at radius 2 is 2.00 bits per heavy atom. The van der Waals surface area contributed by atoms with Crippen molar-refractivity contribution >= 4 is 39.6 Å². The number of rotatable bonds is 6. The molecule has 1 aromatic carbocycles. The van der Waals surface area contributed by atoms with Crippen LogP contribution in [0.25, 0.3) is 0 Å². The van der Waals surface area contributed by atoms with E-state index in [1.807, 2.05) is 31.2 Å². The molecule has 0 unspecified atom stereocenters. The summed E-state index contributed by atoms with van der Waals surface area (Å²) in [4.78, 5) is 13.4. The van der Waals surface area contributed by atoms with Gasteiger partial charge >= 0.3 is 5.97 Å². The van der Waals surface area contributed by atoms with Crippen molar-refractivity contribution in [2.75, 3.05) is 11.9 Å². The molecule has 1 aromatic heterocycles. The largest absolute Gasteiger partial charge is 0.462 e. The molecule has 1 aliphatic rings. The number of esters is 1. The number of anilines is 1. The number of hydrogen-bond donors (Lipinski definition) is 2. The highest BCUT2D eigenvalue weighted by Crippen LogP contribution is 2.31. The fourth-order valence-corrected chi connectivity index (χ4v) is 4.59. The monoisotopic (exact) mass is 388 g/mol. The first-order valence-corrected chi connectivity index (χ1v) is 10.3. The topological polar surface area (TPSA) is 50.4 Å². The molecule has 6 heteroatoms. The summed E-state index contributed by atoms with van der Waals surface area (Å²) >= 11 is 7.01. The minimum Gasteiger partial charge on any atom is -0.462 e. The summed E-state index contributed by atoms with van der Waals surface area (Å²) < 4.78 is 5.21. The maximum Gasteiger partial charge on any atom is 0.341 e. The molecule has 26 heavy (non-hydrogen) atoms. The minimum atomic E-state index is -0.311. The zero-order valence-electron chi connectivity index (χ0n) is 14.9. The molecule has 0 radical (unpaired) electrons. The number of nitrogens with one attached hydrogen (secondary N) is 2. The van der Waals surface area contributed by atoms with Crippen molar-refractivity contribution in [2.24, 2.45) is 0 Å². The molecule has 1 heterocycles. The van der Waals surface area contributed by atoms with Gasteiger partial charge in [0.15, 0.2) is 5.11 Å². The van der Waals surface area contributed by atoms with Crippen LogP contribution in [0.2, 0.25) is 0 Å². The Morgan fingerprint density at radius 1 is 1.27 bits per heavy atom. The van der Waals surface area contributed by atoms with Gasteiger partial charge in [-0.05, 0) is 43.6 Å². The van der Waals surface area contributed by atoms with E-state index >= 15 is 0 Å². The van der Waals surface area contributed by atoms with E-state index in [1.165, 1.54) is 18.4 Å². The van der Waals surface area contributed by atoms with Crippen LogP contribution in [0, 0.1) is 0 Å². The average Bonchev–Trinajstić information content (AvgIpc) is 3.26. The van der Waals surface area contributed by atoms with Crippen molar-refractivity contribution in [1.29, 1.82) is 0 Å². The number of benzene rings is 1. The van der Waals surface area contributed by atoms with Crippen LogP contribution >= 0.6 is 23.6 Å². The lowest BCUT2D eigenvalue weighted by Gasteiger charge is -2.15. The van der Waals surface area contributed by atoms with E-state index in [2.05, 4.69) is 22.8 Å². The lowest BCUT2D eigenvalue weighted by molar-refractivity contribution is 0.0528. The highest BCUT2D eigenvalue weighted by molar-refractivity contribution is 7.80. The first-order valence-electron chi connectivity index (χ1n) is 9.07. The highest BCUT2D eigenvalue weighted by atomic mass is 32.1. The van der Waals surface area contributed by atoms with Crippen molar-refractivity contribution in [1.82, 2.24) is 5.32 Å². The Morgan fingerprint density at radius 3 is 2.69 bits per heavy atom. The van der Waals surface area contributed by atoms with E-state index in [1.54, 1.807) is 11.3 Å². The van der Waals surface area contributed by atoms with Crippen molar-refractivity contribution in [3.8, 4) is 0 Å². The SMILES string of the molecule is CCOC(=O)c1cc(Cc2ccccc2)sc1NC(=S)NC1CCCC1. The lowest BCUT2D eigenvalue weighted by Crippen LogP contribution is -2.36. The minimum absolute atomic E-state index is 0.311. The Labute approximate surface area is 164 Å². The molecule has 0 saturated heterocycles. The summed E-state index contributed by atoms with van der Waals surface area (Å²) in [7, 11) is 0. The molecule has 0 spiro atoms. The molecule has 0 bridgehead atoms.